The second-order valence-corrected chi connectivity index (χ2v) is 9.47. The maximum Gasteiger partial charge on any atom is 0.309 e. The third-order valence-electron chi connectivity index (χ3n) is 5.38. The van der Waals surface area contributed by atoms with Gasteiger partial charge in [-0.2, -0.15) is 4.31 Å². The van der Waals surface area contributed by atoms with Gasteiger partial charge >= 0.3 is 5.97 Å². The van der Waals surface area contributed by atoms with Crippen LogP contribution in [0.1, 0.15) is 24.0 Å². The van der Waals surface area contributed by atoms with Crippen molar-refractivity contribution in [2.75, 3.05) is 25.0 Å². The predicted octanol–water partition coefficient (Wildman–Crippen LogP) is 3.03. The van der Waals surface area contributed by atoms with E-state index in [0.717, 1.165) is 17.2 Å². The van der Waals surface area contributed by atoms with E-state index in [1.54, 1.807) is 6.07 Å². The number of nitrogens with zero attached hydrogens (tertiary/aromatic N) is 1. The summed E-state index contributed by atoms with van der Waals surface area (Å²) in [5, 5.41) is 2.68. The number of aryl methyl sites for hydroxylation is 2. The number of amides is 1. The van der Waals surface area contributed by atoms with Gasteiger partial charge in [-0.1, -0.05) is 18.2 Å². The van der Waals surface area contributed by atoms with Crippen molar-refractivity contribution in [2.45, 2.75) is 31.6 Å². The molecule has 9 heteroatoms. The maximum atomic E-state index is 13.9. The molecule has 7 nitrogen and oxygen atoms in total. The van der Waals surface area contributed by atoms with Gasteiger partial charge < -0.3 is 10.1 Å². The third-order valence-corrected chi connectivity index (χ3v) is 7.31. The average molecular weight is 449 g/mol. The Bertz CT molecular complexity index is 1080. The number of carbonyl (C=O) groups is 2. The first-order valence-electron chi connectivity index (χ1n) is 9.97. The van der Waals surface area contributed by atoms with Crippen molar-refractivity contribution < 1.29 is 27.1 Å². The van der Waals surface area contributed by atoms with Crippen molar-refractivity contribution in [3.05, 3.63) is 59.4 Å². The van der Waals surface area contributed by atoms with Crippen LogP contribution >= 0.6 is 0 Å². The minimum Gasteiger partial charge on any atom is -0.455 e. The van der Waals surface area contributed by atoms with Crippen LogP contribution in [-0.2, 0) is 24.3 Å². The summed E-state index contributed by atoms with van der Waals surface area (Å²) in [6.45, 7) is 3.63. The molecule has 1 amide bonds. The molecule has 2 aromatic rings. The molecule has 166 valence electrons. The molecule has 1 aliphatic rings. The van der Waals surface area contributed by atoms with Gasteiger partial charge in [0.25, 0.3) is 5.91 Å². The Morgan fingerprint density at radius 3 is 2.42 bits per heavy atom. The second-order valence-electron chi connectivity index (χ2n) is 7.56. The van der Waals surface area contributed by atoms with Gasteiger partial charge in [0.15, 0.2) is 6.61 Å². The fourth-order valence-corrected chi connectivity index (χ4v) is 4.93. The van der Waals surface area contributed by atoms with E-state index in [0.29, 0.717) is 5.69 Å². The molecule has 1 heterocycles. The monoisotopic (exact) mass is 448 g/mol. The molecule has 1 aliphatic heterocycles. The molecule has 1 fully saturated rings. The van der Waals surface area contributed by atoms with E-state index in [4.69, 9.17) is 4.74 Å². The summed E-state index contributed by atoms with van der Waals surface area (Å²) in [5.74, 6) is -2.31. The molecular weight excluding hydrogens is 423 g/mol. The van der Waals surface area contributed by atoms with Crippen LogP contribution in [0.2, 0.25) is 0 Å². The average Bonchev–Trinajstić information content (AvgIpc) is 2.75. The normalized spacial score (nSPS) is 15.5. The number of sulfonamides is 1. The van der Waals surface area contributed by atoms with Crippen molar-refractivity contribution in [1.29, 1.82) is 0 Å². The Hall–Kier alpha value is -2.78. The van der Waals surface area contributed by atoms with Crippen LogP contribution in [0.4, 0.5) is 10.1 Å². The van der Waals surface area contributed by atoms with Crippen LogP contribution in [0.15, 0.2) is 47.4 Å². The number of piperidine rings is 1. The second kappa shape index (κ2) is 9.57. The lowest BCUT2D eigenvalue weighted by molar-refractivity contribution is -0.152. The molecule has 0 bridgehead atoms. The number of rotatable bonds is 6. The number of carbonyl (C=O) groups excluding carboxylic acids is 2. The zero-order valence-corrected chi connectivity index (χ0v) is 18.2. The van der Waals surface area contributed by atoms with Gasteiger partial charge in [-0.05, 0) is 62.1 Å². The maximum absolute atomic E-state index is 13.9. The molecule has 31 heavy (non-hydrogen) atoms. The van der Waals surface area contributed by atoms with Crippen molar-refractivity contribution >= 4 is 27.6 Å². The van der Waals surface area contributed by atoms with Gasteiger partial charge in [0.05, 0.1) is 5.92 Å². The van der Waals surface area contributed by atoms with E-state index in [2.05, 4.69) is 5.32 Å². The predicted molar refractivity (Wildman–Crippen MR) is 113 cm³/mol. The fraction of sp³-hybridized carbons (Fsp3) is 0.364. The van der Waals surface area contributed by atoms with Gasteiger partial charge in [-0.15, -0.1) is 0 Å². The molecule has 1 N–H and O–H groups in total. The van der Waals surface area contributed by atoms with Crippen LogP contribution in [0, 0.1) is 25.6 Å². The van der Waals surface area contributed by atoms with Crippen LogP contribution < -0.4 is 5.32 Å². The number of nitrogens with one attached hydrogen (secondary N) is 1. The quantitative estimate of drug-likeness (QED) is 0.686. The van der Waals surface area contributed by atoms with Crippen molar-refractivity contribution in [3.63, 3.8) is 0 Å². The fourth-order valence-electron chi connectivity index (χ4n) is 3.40. The summed E-state index contributed by atoms with van der Waals surface area (Å²) in [4.78, 5) is 24.0. The minimum absolute atomic E-state index is 0.0747. The number of hydrogen-bond acceptors (Lipinski definition) is 5. The molecule has 3 rings (SSSR count). The molecule has 1 saturated heterocycles. The van der Waals surface area contributed by atoms with Crippen molar-refractivity contribution in [1.82, 2.24) is 4.31 Å². The standard InChI is InChI=1S/C22H25FN2O5S/c1-15-7-8-18(13-16(15)2)24-21(26)14-30-22(27)17-9-11-25(12-10-17)31(28,29)20-6-4-3-5-19(20)23/h3-8,13,17H,9-12,14H2,1-2H3,(H,24,26). The topological polar surface area (TPSA) is 92.8 Å². The van der Waals surface area contributed by atoms with Gasteiger partial charge in [0, 0.05) is 18.8 Å². The Morgan fingerprint density at radius 1 is 1.10 bits per heavy atom. The molecule has 0 unspecified atom stereocenters. The zero-order valence-electron chi connectivity index (χ0n) is 17.4. The lowest BCUT2D eigenvalue weighted by Gasteiger charge is -2.30. The van der Waals surface area contributed by atoms with Gasteiger partial charge in [0.2, 0.25) is 10.0 Å². The van der Waals surface area contributed by atoms with Crippen LogP contribution in [0.5, 0.6) is 0 Å². The number of halogens is 1. The molecule has 0 aliphatic carbocycles. The lowest BCUT2D eigenvalue weighted by Crippen LogP contribution is -2.41. The molecule has 0 radical (unpaired) electrons. The minimum atomic E-state index is -3.97. The summed E-state index contributed by atoms with van der Waals surface area (Å²) in [7, 11) is -3.97. The Labute approximate surface area is 181 Å². The highest BCUT2D eigenvalue weighted by Gasteiger charge is 2.34. The first kappa shape index (κ1) is 22.9. The van der Waals surface area contributed by atoms with Gasteiger partial charge in [0.1, 0.15) is 10.7 Å². The molecular formula is C22H25FN2O5S. The van der Waals surface area contributed by atoms with E-state index in [1.807, 2.05) is 26.0 Å². The molecule has 0 saturated carbocycles. The van der Waals surface area contributed by atoms with Crippen molar-refractivity contribution in [3.8, 4) is 0 Å². The summed E-state index contributed by atoms with van der Waals surface area (Å²) in [6, 6.07) is 10.7. The van der Waals surface area contributed by atoms with Gasteiger partial charge in [-0.25, -0.2) is 12.8 Å². The summed E-state index contributed by atoms with van der Waals surface area (Å²) < 4.78 is 45.5. The van der Waals surface area contributed by atoms with E-state index in [-0.39, 0.29) is 30.8 Å². The van der Waals surface area contributed by atoms with Crippen LogP contribution in [-0.4, -0.2) is 44.3 Å². The Morgan fingerprint density at radius 2 is 1.77 bits per heavy atom. The molecule has 2 aromatic carbocycles. The highest BCUT2D eigenvalue weighted by molar-refractivity contribution is 7.89. The molecule has 0 aromatic heterocycles. The summed E-state index contributed by atoms with van der Waals surface area (Å²) >= 11 is 0. The number of esters is 1. The first-order valence-corrected chi connectivity index (χ1v) is 11.4. The number of hydrogen-bond donors (Lipinski definition) is 1. The Balaban J connectivity index is 1.49. The molecule has 0 spiro atoms. The first-order chi connectivity index (χ1) is 14.7. The summed E-state index contributed by atoms with van der Waals surface area (Å²) in [6.07, 6.45) is 0.483. The van der Waals surface area contributed by atoms with E-state index in [9.17, 15) is 22.4 Å². The number of ether oxygens (including phenoxy) is 1. The smallest absolute Gasteiger partial charge is 0.309 e. The van der Waals surface area contributed by atoms with Crippen molar-refractivity contribution in [2.24, 2.45) is 5.92 Å². The SMILES string of the molecule is Cc1ccc(NC(=O)COC(=O)C2CCN(S(=O)(=O)c3ccccc3F)CC2)cc1C. The van der Waals surface area contributed by atoms with E-state index < -0.39 is 40.2 Å². The third kappa shape index (κ3) is 5.48. The van der Waals surface area contributed by atoms with Crippen LogP contribution in [0.3, 0.4) is 0 Å². The number of benzene rings is 2. The van der Waals surface area contributed by atoms with Crippen LogP contribution in [0.25, 0.3) is 0 Å². The Kier molecular flexibility index (Phi) is 7.07. The highest BCUT2D eigenvalue weighted by atomic mass is 32.2. The number of anilines is 1. The van der Waals surface area contributed by atoms with E-state index in [1.165, 1.54) is 22.5 Å². The lowest BCUT2D eigenvalue weighted by atomic mass is 9.98. The zero-order chi connectivity index (χ0) is 22.6. The summed E-state index contributed by atoms with van der Waals surface area (Å²) in [5.41, 5.74) is 2.76. The highest BCUT2D eigenvalue weighted by Crippen LogP contribution is 2.26. The molecule has 0 atom stereocenters. The van der Waals surface area contributed by atoms with Gasteiger partial charge in [-0.3, -0.25) is 9.59 Å². The van der Waals surface area contributed by atoms with E-state index >= 15 is 0 Å². The largest absolute Gasteiger partial charge is 0.455 e.